The summed E-state index contributed by atoms with van der Waals surface area (Å²) in [6.07, 6.45) is 2.08. The molecule has 5 heteroatoms. The van der Waals surface area contributed by atoms with E-state index in [9.17, 15) is 0 Å². The third-order valence-electron chi connectivity index (χ3n) is 3.41. The molecule has 0 radical (unpaired) electrons. The summed E-state index contributed by atoms with van der Waals surface area (Å²) in [6.45, 7) is 4.61. The number of hydrogen-bond donors (Lipinski definition) is 1. The van der Waals surface area contributed by atoms with Crippen molar-refractivity contribution in [2.45, 2.75) is 20.0 Å². The Hall–Kier alpha value is -1.55. The van der Waals surface area contributed by atoms with Crippen molar-refractivity contribution in [1.82, 2.24) is 15.1 Å². The quantitative estimate of drug-likeness (QED) is 0.708. The smallest absolute Gasteiger partial charge is 0.0923 e. The van der Waals surface area contributed by atoms with Crippen LogP contribution in [0.5, 0.6) is 0 Å². The first-order valence-electron chi connectivity index (χ1n) is 7.10. The minimum atomic E-state index is 0. The van der Waals surface area contributed by atoms with Crippen molar-refractivity contribution in [3.63, 3.8) is 0 Å². The van der Waals surface area contributed by atoms with Crippen LogP contribution in [0.4, 0.5) is 0 Å². The Morgan fingerprint density at radius 1 is 1.18 bits per heavy atom. The van der Waals surface area contributed by atoms with Gasteiger partial charge in [0.2, 0.25) is 0 Å². The number of benzene rings is 2. The Labute approximate surface area is 141 Å². The van der Waals surface area contributed by atoms with Crippen LogP contribution in [0.2, 0.25) is 5.02 Å². The number of nitrogens with one attached hydrogen (secondary N) is 1. The highest BCUT2D eigenvalue weighted by Gasteiger charge is 2.00. The molecule has 0 fully saturated rings. The molecule has 0 atom stereocenters. The average Bonchev–Trinajstić information content (AvgIpc) is 2.85. The zero-order valence-corrected chi connectivity index (χ0v) is 14.0. The third-order valence-corrected chi connectivity index (χ3v) is 3.63. The molecule has 0 bridgehead atoms. The molecule has 0 spiro atoms. The molecule has 1 heterocycles. The van der Waals surface area contributed by atoms with Gasteiger partial charge < -0.3 is 5.32 Å². The molecule has 3 aromatic rings. The number of fused-ring (bicyclic) bond motifs is 1. The fraction of sp³-hybridized carbons (Fsp3) is 0.235. The molecule has 116 valence electrons. The Balaban J connectivity index is 0.00000176. The van der Waals surface area contributed by atoms with E-state index in [4.69, 9.17) is 11.6 Å². The zero-order chi connectivity index (χ0) is 14.7. The van der Waals surface area contributed by atoms with Crippen LogP contribution in [-0.2, 0) is 13.1 Å². The highest BCUT2D eigenvalue weighted by Crippen LogP contribution is 2.14. The predicted molar refractivity (Wildman–Crippen MR) is 94.9 cm³/mol. The number of aryl methyl sites for hydroxylation is 1. The van der Waals surface area contributed by atoms with Gasteiger partial charge in [0.1, 0.15) is 0 Å². The first-order valence-corrected chi connectivity index (χ1v) is 7.47. The molecule has 0 saturated heterocycles. The number of rotatable bonds is 5. The fourth-order valence-corrected chi connectivity index (χ4v) is 2.78. The van der Waals surface area contributed by atoms with Crippen LogP contribution in [0, 0.1) is 6.92 Å². The lowest BCUT2D eigenvalue weighted by atomic mass is 10.1. The van der Waals surface area contributed by atoms with Gasteiger partial charge >= 0.3 is 0 Å². The Morgan fingerprint density at radius 2 is 2.00 bits per heavy atom. The van der Waals surface area contributed by atoms with Crippen LogP contribution in [0.25, 0.3) is 10.9 Å². The van der Waals surface area contributed by atoms with Crippen LogP contribution in [-0.4, -0.2) is 16.3 Å². The minimum Gasteiger partial charge on any atom is -0.311 e. The maximum Gasteiger partial charge on any atom is 0.0923 e. The van der Waals surface area contributed by atoms with Gasteiger partial charge in [-0.15, -0.1) is 12.4 Å². The average molecular weight is 336 g/mol. The maximum absolute atomic E-state index is 6.06. The second kappa shape index (κ2) is 7.63. The zero-order valence-electron chi connectivity index (χ0n) is 12.4. The summed E-state index contributed by atoms with van der Waals surface area (Å²) in [6, 6.07) is 14.3. The summed E-state index contributed by atoms with van der Waals surface area (Å²) < 4.78 is 1.99. The monoisotopic (exact) mass is 335 g/mol. The second-order valence-electron chi connectivity index (χ2n) is 5.26. The highest BCUT2D eigenvalue weighted by atomic mass is 35.5. The molecule has 2 aromatic carbocycles. The Bertz CT molecular complexity index is 699. The topological polar surface area (TPSA) is 29.9 Å². The van der Waals surface area contributed by atoms with E-state index in [1.807, 2.05) is 35.0 Å². The van der Waals surface area contributed by atoms with Crippen LogP contribution < -0.4 is 5.32 Å². The summed E-state index contributed by atoms with van der Waals surface area (Å²) in [7, 11) is 0. The van der Waals surface area contributed by atoms with Crippen molar-refractivity contribution in [2.24, 2.45) is 0 Å². The van der Waals surface area contributed by atoms with E-state index in [0.29, 0.717) is 0 Å². The van der Waals surface area contributed by atoms with E-state index in [1.165, 1.54) is 16.5 Å². The van der Waals surface area contributed by atoms with Gasteiger partial charge in [-0.1, -0.05) is 35.9 Å². The van der Waals surface area contributed by atoms with Crippen molar-refractivity contribution < 1.29 is 0 Å². The van der Waals surface area contributed by atoms with Gasteiger partial charge in [0.25, 0.3) is 0 Å². The molecule has 3 nitrogen and oxygen atoms in total. The SMILES string of the molecule is Cc1cc(Cl)cc(CNCCn2cc3ccccc3n2)c1.Cl. The van der Waals surface area contributed by atoms with Gasteiger partial charge in [0.05, 0.1) is 12.1 Å². The van der Waals surface area contributed by atoms with Crippen molar-refractivity contribution in [2.75, 3.05) is 6.54 Å². The second-order valence-corrected chi connectivity index (χ2v) is 5.70. The standard InChI is InChI=1S/C17H18ClN3.ClH/c1-13-8-14(10-16(18)9-13)11-19-6-7-21-12-15-4-2-3-5-17(15)20-21;/h2-5,8-10,12,19H,6-7,11H2,1H3;1H. The van der Waals surface area contributed by atoms with Crippen molar-refractivity contribution in [3.05, 3.63) is 64.8 Å². The number of aromatic nitrogens is 2. The van der Waals surface area contributed by atoms with Gasteiger partial charge in [-0.25, -0.2) is 0 Å². The van der Waals surface area contributed by atoms with E-state index in [0.717, 1.165) is 30.2 Å². The van der Waals surface area contributed by atoms with Crippen LogP contribution >= 0.6 is 24.0 Å². The molecular weight excluding hydrogens is 317 g/mol. The summed E-state index contributed by atoms with van der Waals surface area (Å²) in [5.74, 6) is 0. The van der Waals surface area contributed by atoms with Crippen molar-refractivity contribution >= 4 is 34.9 Å². The number of hydrogen-bond acceptors (Lipinski definition) is 2. The molecular formula is C17H19Cl2N3. The van der Waals surface area contributed by atoms with E-state index in [-0.39, 0.29) is 12.4 Å². The lowest BCUT2D eigenvalue weighted by molar-refractivity contribution is 0.558. The first kappa shape index (κ1) is 16.8. The lowest BCUT2D eigenvalue weighted by Gasteiger charge is -2.06. The lowest BCUT2D eigenvalue weighted by Crippen LogP contribution is -2.19. The van der Waals surface area contributed by atoms with Gasteiger partial charge in [0, 0.05) is 29.7 Å². The molecule has 0 unspecified atom stereocenters. The fourth-order valence-electron chi connectivity index (χ4n) is 2.47. The van der Waals surface area contributed by atoms with Gasteiger partial charge in [-0.3, -0.25) is 4.68 Å². The van der Waals surface area contributed by atoms with E-state index < -0.39 is 0 Å². The first-order chi connectivity index (χ1) is 10.2. The summed E-state index contributed by atoms with van der Waals surface area (Å²) in [5.41, 5.74) is 3.45. The van der Waals surface area contributed by atoms with Crippen LogP contribution in [0.15, 0.2) is 48.7 Å². The molecule has 0 amide bonds. The highest BCUT2D eigenvalue weighted by molar-refractivity contribution is 6.30. The number of nitrogens with zero attached hydrogens (tertiary/aromatic N) is 2. The van der Waals surface area contributed by atoms with Gasteiger partial charge in [-0.2, -0.15) is 5.10 Å². The molecule has 22 heavy (non-hydrogen) atoms. The van der Waals surface area contributed by atoms with Crippen LogP contribution in [0.1, 0.15) is 11.1 Å². The van der Waals surface area contributed by atoms with Crippen LogP contribution in [0.3, 0.4) is 0 Å². The van der Waals surface area contributed by atoms with E-state index in [1.54, 1.807) is 0 Å². The summed E-state index contributed by atoms with van der Waals surface area (Å²) in [5, 5.41) is 9.95. The predicted octanol–water partition coefficient (Wildman–Crippen LogP) is 4.21. The number of halogens is 2. The molecule has 0 aliphatic carbocycles. The maximum atomic E-state index is 6.06. The summed E-state index contributed by atoms with van der Waals surface area (Å²) in [4.78, 5) is 0. The van der Waals surface area contributed by atoms with E-state index >= 15 is 0 Å². The Kier molecular flexibility index (Phi) is 5.83. The molecule has 1 aromatic heterocycles. The van der Waals surface area contributed by atoms with E-state index in [2.05, 4.69) is 35.7 Å². The minimum absolute atomic E-state index is 0. The molecule has 1 N–H and O–H groups in total. The van der Waals surface area contributed by atoms with Crippen molar-refractivity contribution in [1.29, 1.82) is 0 Å². The summed E-state index contributed by atoms with van der Waals surface area (Å²) >= 11 is 6.06. The van der Waals surface area contributed by atoms with Gasteiger partial charge in [-0.05, 0) is 36.2 Å². The third kappa shape index (κ3) is 4.23. The normalized spacial score (nSPS) is 10.6. The molecule has 0 saturated carbocycles. The largest absolute Gasteiger partial charge is 0.311 e. The van der Waals surface area contributed by atoms with Gasteiger partial charge in [0.15, 0.2) is 0 Å². The molecule has 3 rings (SSSR count). The Morgan fingerprint density at radius 3 is 2.77 bits per heavy atom. The molecule has 0 aliphatic rings. The molecule has 0 aliphatic heterocycles. The van der Waals surface area contributed by atoms with Crippen molar-refractivity contribution in [3.8, 4) is 0 Å².